The average Bonchev–Trinajstić information content (AvgIpc) is 1.95. The van der Waals surface area contributed by atoms with Crippen molar-refractivity contribution in [2.75, 3.05) is 13.7 Å². The van der Waals surface area contributed by atoms with Crippen molar-refractivity contribution in [2.24, 2.45) is 0 Å². The minimum absolute atomic E-state index is 0.825. The lowest BCUT2D eigenvalue weighted by molar-refractivity contribution is 0.263. The Kier molecular flexibility index (Phi) is 2.38. The van der Waals surface area contributed by atoms with Crippen LogP contribution in [0.15, 0.2) is 22.0 Å². The lowest BCUT2D eigenvalue weighted by Gasteiger charge is -2.15. The van der Waals surface area contributed by atoms with Gasteiger partial charge in [0.25, 0.3) is 0 Å². The summed E-state index contributed by atoms with van der Waals surface area (Å²) in [7, 11) is 1.66. The third-order valence-electron chi connectivity index (χ3n) is 1.41. The lowest BCUT2D eigenvalue weighted by Crippen LogP contribution is -2.20. The Hall–Kier alpha value is -0.440. The normalized spacial score (nSPS) is 18.1. The molecule has 1 N–H and O–H groups in total. The summed E-state index contributed by atoms with van der Waals surface area (Å²) >= 11 is 3.43. The van der Waals surface area contributed by atoms with Crippen molar-refractivity contribution in [2.45, 2.75) is 6.92 Å². The van der Waals surface area contributed by atoms with Gasteiger partial charge in [-0.25, -0.2) is 0 Å². The van der Waals surface area contributed by atoms with Crippen LogP contribution in [0, 0.1) is 0 Å². The van der Waals surface area contributed by atoms with E-state index >= 15 is 0 Å². The van der Waals surface area contributed by atoms with E-state index in [1.807, 2.05) is 13.0 Å². The predicted molar refractivity (Wildman–Crippen MR) is 44.7 cm³/mol. The Morgan fingerprint density at radius 3 is 2.90 bits per heavy atom. The van der Waals surface area contributed by atoms with Gasteiger partial charge in [-0.05, 0) is 12.5 Å². The summed E-state index contributed by atoms with van der Waals surface area (Å²) in [6.45, 7) is 2.87. The molecule has 0 spiro atoms. The van der Waals surface area contributed by atoms with Gasteiger partial charge in [0, 0.05) is 17.1 Å². The number of rotatable bonds is 1. The predicted octanol–water partition coefficient (Wildman–Crippen LogP) is 1.75. The molecule has 0 atom stereocenters. The van der Waals surface area contributed by atoms with Gasteiger partial charge in [0.15, 0.2) is 5.88 Å². The van der Waals surface area contributed by atoms with E-state index in [2.05, 4.69) is 21.2 Å². The summed E-state index contributed by atoms with van der Waals surface area (Å²) in [5, 5.41) is 3.08. The van der Waals surface area contributed by atoms with Crippen molar-refractivity contribution in [1.29, 1.82) is 0 Å². The summed E-state index contributed by atoms with van der Waals surface area (Å²) in [4.78, 5) is 0. The topological polar surface area (TPSA) is 21.3 Å². The number of halogens is 1. The van der Waals surface area contributed by atoms with E-state index in [9.17, 15) is 0 Å². The number of hydrogen-bond acceptors (Lipinski definition) is 2. The van der Waals surface area contributed by atoms with Gasteiger partial charge in [-0.15, -0.1) is 0 Å². The van der Waals surface area contributed by atoms with Crippen LogP contribution in [-0.2, 0) is 4.74 Å². The van der Waals surface area contributed by atoms with E-state index in [1.54, 1.807) is 7.11 Å². The monoisotopic (exact) mass is 203 g/mol. The highest BCUT2D eigenvalue weighted by Gasteiger charge is 2.05. The van der Waals surface area contributed by atoms with Crippen LogP contribution < -0.4 is 5.32 Å². The first-order chi connectivity index (χ1) is 4.74. The van der Waals surface area contributed by atoms with Gasteiger partial charge >= 0.3 is 0 Å². The number of ether oxygens (including phenoxy) is 1. The van der Waals surface area contributed by atoms with Crippen LogP contribution in [0.1, 0.15) is 6.92 Å². The van der Waals surface area contributed by atoms with Gasteiger partial charge in [0.2, 0.25) is 0 Å². The van der Waals surface area contributed by atoms with Crippen molar-refractivity contribution in [3.63, 3.8) is 0 Å². The minimum Gasteiger partial charge on any atom is -0.483 e. The molecule has 0 aromatic rings. The van der Waals surface area contributed by atoms with Gasteiger partial charge in [-0.3, -0.25) is 0 Å². The first kappa shape index (κ1) is 7.66. The molecule has 0 saturated carbocycles. The SMILES string of the molecule is COC1=CC(C)=C(Br)CN1. The number of dihydropyridines is 1. The molecule has 0 unspecified atom stereocenters. The van der Waals surface area contributed by atoms with Crippen molar-refractivity contribution < 1.29 is 4.74 Å². The third kappa shape index (κ3) is 1.53. The van der Waals surface area contributed by atoms with Crippen LogP contribution in [0.5, 0.6) is 0 Å². The Morgan fingerprint density at radius 1 is 1.70 bits per heavy atom. The first-order valence-corrected chi connectivity index (χ1v) is 3.88. The second-order valence-electron chi connectivity index (χ2n) is 2.15. The number of hydrogen-bond donors (Lipinski definition) is 1. The Bertz CT molecular complexity index is 196. The molecule has 56 valence electrons. The molecule has 0 saturated heterocycles. The van der Waals surface area contributed by atoms with E-state index < -0.39 is 0 Å². The van der Waals surface area contributed by atoms with Crippen LogP contribution in [-0.4, -0.2) is 13.7 Å². The van der Waals surface area contributed by atoms with Crippen LogP contribution in [0.3, 0.4) is 0 Å². The van der Waals surface area contributed by atoms with Crippen LogP contribution >= 0.6 is 15.9 Å². The van der Waals surface area contributed by atoms with E-state index in [0.29, 0.717) is 0 Å². The highest BCUT2D eigenvalue weighted by Crippen LogP contribution is 2.17. The molecule has 0 fully saturated rings. The van der Waals surface area contributed by atoms with Crippen molar-refractivity contribution in [3.8, 4) is 0 Å². The Labute approximate surface area is 69.1 Å². The standard InChI is InChI=1S/C7H10BrNO/c1-5-3-7(10-2)9-4-6(5)8/h3,9H,4H2,1-2H3. The maximum atomic E-state index is 5.00. The maximum Gasteiger partial charge on any atom is 0.186 e. The molecule has 0 aliphatic carbocycles. The molecule has 1 aliphatic heterocycles. The summed E-state index contributed by atoms with van der Waals surface area (Å²) in [6.07, 6.45) is 1.97. The zero-order valence-electron chi connectivity index (χ0n) is 6.07. The molecule has 3 heteroatoms. The van der Waals surface area contributed by atoms with E-state index in [-0.39, 0.29) is 0 Å². The molecule has 0 bridgehead atoms. The molecular weight excluding hydrogens is 194 g/mol. The zero-order chi connectivity index (χ0) is 7.56. The molecule has 0 aromatic heterocycles. The molecule has 1 heterocycles. The third-order valence-corrected chi connectivity index (χ3v) is 2.32. The smallest absolute Gasteiger partial charge is 0.186 e. The molecular formula is C7H10BrNO. The van der Waals surface area contributed by atoms with E-state index in [4.69, 9.17) is 4.74 Å². The zero-order valence-corrected chi connectivity index (χ0v) is 7.66. The fourth-order valence-electron chi connectivity index (χ4n) is 0.761. The Morgan fingerprint density at radius 2 is 2.40 bits per heavy atom. The van der Waals surface area contributed by atoms with Gasteiger partial charge in [-0.1, -0.05) is 15.9 Å². The number of methoxy groups -OCH3 is 1. The summed E-state index contributed by atoms with van der Waals surface area (Å²) < 4.78 is 6.19. The molecule has 1 aliphatic rings. The van der Waals surface area contributed by atoms with Gasteiger partial charge in [-0.2, -0.15) is 0 Å². The maximum absolute atomic E-state index is 5.00. The van der Waals surface area contributed by atoms with Crippen molar-refractivity contribution in [3.05, 3.63) is 22.0 Å². The molecule has 0 radical (unpaired) electrons. The van der Waals surface area contributed by atoms with Crippen LogP contribution in [0.2, 0.25) is 0 Å². The quantitative estimate of drug-likeness (QED) is 0.702. The summed E-state index contributed by atoms with van der Waals surface area (Å²) in [6, 6.07) is 0. The Balaban J connectivity index is 2.76. The minimum atomic E-state index is 0.825. The largest absolute Gasteiger partial charge is 0.483 e. The average molecular weight is 204 g/mol. The second kappa shape index (κ2) is 3.10. The molecule has 2 nitrogen and oxygen atoms in total. The van der Waals surface area contributed by atoms with Gasteiger partial charge in [0.1, 0.15) is 0 Å². The fourth-order valence-corrected chi connectivity index (χ4v) is 1.02. The highest BCUT2D eigenvalue weighted by molar-refractivity contribution is 9.11. The lowest BCUT2D eigenvalue weighted by atomic mass is 10.2. The van der Waals surface area contributed by atoms with E-state index in [1.165, 1.54) is 10.1 Å². The summed E-state index contributed by atoms with van der Waals surface area (Å²) in [5.74, 6) is 0.834. The number of allylic oxidation sites excluding steroid dienone is 2. The number of nitrogens with one attached hydrogen (secondary N) is 1. The van der Waals surface area contributed by atoms with Crippen molar-refractivity contribution >= 4 is 15.9 Å². The van der Waals surface area contributed by atoms with Crippen LogP contribution in [0.25, 0.3) is 0 Å². The van der Waals surface area contributed by atoms with E-state index in [0.717, 1.165) is 12.4 Å². The molecule has 1 rings (SSSR count). The first-order valence-electron chi connectivity index (χ1n) is 3.09. The second-order valence-corrected chi connectivity index (χ2v) is 3.11. The molecule has 10 heavy (non-hydrogen) atoms. The van der Waals surface area contributed by atoms with Crippen LogP contribution in [0.4, 0.5) is 0 Å². The van der Waals surface area contributed by atoms with Gasteiger partial charge in [0.05, 0.1) is 7.11 Å². The highest BCUT2D eigenvalue weighted by atomic mass is 79.9. The van der Waals surface area contributed by atoms with Crippen molar-refractivity contribution in [1.82, 2.24) is 5.32 Å². The molecule has 0 aromatic carbocycles. The fraction of sp³-hybridized carbons (Fsp3) is 0.429. The summed E-state index contributed by atoms with van der Waals surface area (Å²) in [5.41, 5.74) is 1.22. The van der Waals surface area contributed by atoms with Gasteiger partial charge < -0.3 is 10.1 Å². The molecule has 0 amide bonds.